The second-order valence-electron chi connectivity index (χ2n) is 5.33. The molecule has 0 spiro atoms. The molecule has 0 radical (unpaired) electrons. The van der Waals surface area contributed by atoms with Gasteiger partial charge in [0.15, 0.2) is 0 Å². The molecule has 1 saturated carbocycles. The van der Waals surface area contributed by atoms with E-state index in [1.807, 2.05) is 0 Å². The van der Waals surface area contributed by atoms with Crippen LogP contribution in [0.5, 0.6) is 0 Å². The van der Waals surface area contributed by atoms with Gasteiger partial charge < -0.3 is 5.32 Å². The van der Waals surface area contributed by atoms with Crippen molar-refractivity contribution in [1.82, 2.24) is 10.3 Å². The van der Waals surface area contributed by atoms with Crippen LogP contribution in [0.3, 0.4) is 0 Å². The quantitative estimate of drug-likeness (QED) is 0.893. The standard InChI is InChI=1S/C14H19ClN2O/c1-9-3-4-13(10(2)7-9)17-14(18)11-5-6-16-8-12(11)15/h5-6,8-10,13H,3-4,7H2,1-2H3,(H,17,18). The third kappa shape index (κ3) is 3.02. The molecule has 3 unspecified atom stereocenters. The van der Waals surface area contributed by atoms with Crippen LogP contribution in [0.2, 0.25) is 5.02 Å². The summed E-state index contributed by atoms with van der Waals surface area (Å²) in [5.74, 6) is 1.20. The Labute approximate surface area is 113 Å². The van der Waals surface area contributed by atoms with Crippen LogP contribution in [0, 0.1) is 11.8 Å². The molecule has 18 heavy (non-hydrogen) atoms. The molecule has 0 saturated heterocycles. The Kier molecular flexibility index (Phi) is 4.23. The first-order valence-corrected chi connectivity index (χ1v) is 6.86. The number of carbonyl (C=O) groups excluding carboxylic acids is 1. The fourth-order valence-electron chi connectivity index (χ4n) is 2.69. The van der Waals surface area contributed by atoms with Gasteiger partial charge in [0.2, 0.25) is 0 Å². The second-order valence-corrected chi connectivity index (χ2v) is 5.74. The minimum atomic E-state index is -0.0891. The molecule has 1 aliphatic rings. The average Bonchev–Trinajstić information content (AvgIpc) is 2.33. The highest BCUT2D eigenvalue weighted by Gasteiger charge is 2.27. The largest absolute Gasteiger partial charge is 0.349 e. The smallest absolute Gasteiger partial charge is 0.253 e. The summed E-state index contributed by atoms with van der Waals surface area (Å²) in [6.07, 6.45) is 6.50. The Bertz CT molecular complexity index is 436. The van der Waals surface area contributed by atoms with Crippen LogP contribution in [-0.2, 0) is 0 Å². The highest BCUT2D eigenvalue weighted by atomic mass is 35.5. The molecule has 1 fully saturated rings. The van der Waals surface area contributed by atoms with Gasteiger partial charge in [0, 0.05) is 18.4 Å². The van der Waals surface area contributed by atoms with Gasteiger partial charge >= 0.3 is 0 Å². The van der Waals surface area contributed by atoms with Crippen LogP contribution in [0.1, 0.15) is 43.5 Å². The van der Waals surface area contributed by atoms with Gasteiger partial charge in [0.1, 0.15) is 0 Å². The number of nitrogens with zero attached hydrogens (tertiary/aromatic N) is 1. The summed E-state index contributed by atoms with van der Waals surface area (Å²) < 4.78 is 0. The molecule has 1 N–H and O–H groups in total. The van der Waals surface area contributed by atoms with Crippen LogP contribution in [0.25, 0.3) is 0 Å². The van der Waals surface area contributed by atoms with Crippen molar-refractivity contribution in [3.05, 3.63) is 29.0 Å². The highest BCUT2D eigenvalue weighted by molar-refractivity contribution is 6.33. The minimum absolute atomic E-state index is 0.0891. The lowest BCUT2D eigenvalue weighted by molar-refractivity contribution is 0.0899. The molecular formula is C14H19ClN2O. The third-order valence-corrected chi connectivity index (χ3v) is 4.07. The van der Waals surface area contributed by atoms with E-state index in [2.05, 4.69) is 24.1 Å². The summed E-state index contributed by atoms with van der Waals surface area (Å²) in [5, 5.41) is 3.50. The molecule has 3 nitrogen and oxygen atoms in total. The minimum Gasteiger partial charge on any atom is -0.349 e. The van der Waals surface area contributed by atoms with Crippen LogP contribution in [-0.4, -0.2) is 16.9 Å². The summed E-state index contributed by atoms with van der Waals surface area (Å²) in [7, 11) is 0. The van der Waals surface area contributed by atoms with E-state index < -0.39 is 0 Å². The molecule has 0 aliphatic heterocycles. The van der Waals surface area contributed by atoms with Gasteiger partial charge in [0.25, 0.3) is 5.91 Å². The fraction of sp³-hybridized carbons (Fsp3) is 0.571. The molecule has 0 aromatic carbocycles. The lowest BCUT2D eigenvalue weighted by Crippen LogP contribution is -2.42. The maximum Gasteiger partial charge on any atom is 0.253 e. The van der Waals surface area contributed by atoms with Crippen molar-refractivity contribution in [1.29, 1.82) is 0 Å². The van der Waals surface area contributed by atoms with Crippen LogP contribution >= 0.6 is 11.6 Å². The molecule has 1 heterocycles. The van der Waals surface area contributed by atoms with Gasteiger partial charge in [-0.05, 0) is 37.2 Å². The molecule has 1 amide bonds. The summed E-state index contributed by atoms with van der Waals surface area (Å²) in [4.78, 5) is 16.0. The van der Waals surface area contributed by atoms with Crippen molar-refractivity contribution in [3.63, 3.8) is 0 Å². The van der Waals surface area contributed by atoms with Gasteiger partial charge in [-0.25, -0.2) is 0 Å². The Morgan fingerprint density at radius 3 is 2.89 bits per heavy atom. The average molecular weight is 267 g/mol. The number of halogens is 1. The number of hydrogen-bond donors (Lipinski definition) is 1. The first-order valence-electron chi connectivity index (χ1n) is 6.48. The number of pyridine rings is 1. The molecule has 1 aromatic heterocycles. The maximum absolute atomic E-state index is 12.1. The van der Waals surface area contributed by atoms with E-state index in [0.717, 1.165) is 12.3 Å². The van der Waals surface area contributed by atoms with Crippen molar-refractivity contribution in [2.24, 2.45) is 11.8 Å². The predicted octanol–water partition coefficient (Wildman–Crippen LogP) is 3.29. The molecule has 1 aromatic rings. The molecule has 0 bridgehead atoms. The van der Waals surface area contributed by atoms with Crippen molar-refractivity contribution >= 4 is 17.5 Å². The number of rotatable bonds is 2. The number of carbonyl (C=O) groups is 1. The number of hydrogen-bond acceptors (Lipinski definition) is 2. The van der Waals surface area contributed by atoms with Crippen LogP contribution in [0.4, 0.5) is 0 Å². The molecule has 3 atom stereocenters. The fourth-order valence-corrected chi connectivity index (χ4v) is 2.89. The highest BCUT2D eigenvalue weighted by Crippen LogP contribution is 2.29. The zero-order chi connectivity index (χ0) is 13.1. The first kappa shape index (κ1) is 13.3. The molecule has 98 valence electrons. The normalized spacial score (nSPS) is 27.8. The van der Waals surface area contributed by atoms with Crippen LogP contribution < -0.4 is 5.32 Å². The summed E-state index contributed by atoms with van der Waals surface area (Å²) in [5.41, 5.74) is 0.512. The van der Waals surface area contributed by atoms with E-state index in [0.29, 0.717) is 16.5 Å². The maximum atomic E-state index is 12.1. The van der Waals surface area contributed by atoms with Gasteiger partial charge in [-0.15, -0.1) is 0 Å². The monoisotopic (exact) mass is 266 g/mol. The first-order chi connectivity index (χ1) is 8.58. The number of nitrogens with one attached hydrogen (secondary N) is 1. The topological polar surface area (TPSA) is 42.0 Å². The van der Waals surface area contributed by atoms with Crippen molar-refractivity contribution in [2.75, 3.05) is 0 Å². The molecule has 2 rings (SSSR count). The van der Waals surface area contributed by atoms with E-state index in [1.54, 1.807) is 12.3 Å². The SMILES string of the molecule is CC1CCC(NC(=O)c2ccncc2Cl)C(C)C1. The lowest BCUT2D eigenvalue weighted by atomic mass is 9.80. The Balaban J connectivity index is 2.02. The van der Waals surface area contributed by atoms with E-state index in [-0.39, 0.29) is 11.9 Å². The summed E-state index contributed by atoms with van der Waals surface area (Å²) >= 11 is 5.97. The Hall–Kier alpha value is -1.09. The van der Waals surface area contributed by atoms with Crippen LogP contribution in [0.15, 0.2) is 18.5 Å². The van der Waals surface area contributed by atoms with Gasteiger partial charge in [-0.2, -0.15) is 0 Å². The third-order valence-electron chi connectivity index (χ3n) is 3.77. The Morgan fingerprint density at radius 2 is 2.22 bits per heavy atom. The second kappa shape index (κ2) is 5.70. The van der Waals surface area contributed by atoms with Crippen molar-refractivity contribution in [3.8, 4) is 0 Å². The van der Waals surface area contributed by atoms with E-state index in [4.69, 9.17) is 11.6 Å². The Morgan fingerprint density at radius 1 is 1.44 bits per heavy atom. The van der Waals surface area contributed by atoms with E-state index in [9.17, 15) is 4.79 Å². The van der Waals surface area contributed by atoms with Crippen molar-refractivity contribution in [2.45, 2.75) is 39.2 Å². The van der Waals surface area contributed by atoms with Gasteiger partial charge in [-0.1, -0.05) is 25.4 Å². The molecule has 4 heteroatoms. The number of aromatic nitrogens is 1. The summed E-state index contributed by atoms with van der Waals surface area (Å²) in [6.45, 7) is 4.48. The van der Waals surface area contributed by atoms with E-state index in [1.165, 1.54) is 19.0 Å². The zero-order valence-corrected chi connectivity index (χ0v) is 11.6. The summed E-state index contributed by atoms with van der Waals surface area (Å²) in [6, 6.07) is 1.92. The van der Waals surface area contributed by atoms with Gasteiger partial charge in [-0.3, -0.25) is 9.78 Å². The number of amides is 1. The van der Waals surface area contributed by atoms with E-state index >= 15 is 0 Å². The zero-order valence-electron chi connectivity index (χ0n) is 10.8. The van der Waals surface area contributed by atoms with Crippen molar-refractivity contribution < 1.29 is 4.79 Å². The lowest BCUT2D eigenvalue weighted by Gasteiger charge is -2.33. The predicted molar refractivity (Wildman–Crippen MR) is 72.7 cm³/mol. The van der Waals surface area contributed by atoms with Gasteiger partial charge in [0.05, 0.1) is 10.6 Å². The molecular weight excluding hydrogens is 248 g/mol. The molecule has 1 aliphatic carbocycles.